The Hall–Kier alpha value is -0.980. The second-order valence-corrected chi connectivity index (χ2v) is 3.83. The van der Waals surface area contributed by atoms with Crippen molar-refractivity contribution in [3.63, 3.8) is 0 Å². The quantitative estimate of drug-likeness (QED) is 0.621. The van der Waals surface area contributed by atoms with Gasteiger partial charge in [-0.05, 0) is 13.5 Å². The first-order valence-electron chi connectivity index (χ1n) is 6.19. The molecule has 0 spiro atoms. The van der Waals surface area contributed by atoms with Gasteiger partial charge in [-0.15, -0.1) is 5.10 Å². The summed E-state index contributed by atoms with van der Waals surface area (Å²) in [5.74, 6) is 0. The number of hydrogen-bond acceptors (Lipinski definition) is 5. The maximum atomic E-state index is 5.46. The molecule has 0 saturated carbocycles. The van der Waals surface area contributed by atoms with Crippen LogP contribution in [-0.2, 0) is 17.8 Å². The van der Waals surface area contributed by atoms with Crippen molar-refractivity contribution < 1.29 is 4.74 Å². The van der Waals surface area contributed by atoms with Gasteiger partial charge >= 0.3 is 0 Å². The van der Waals surface area contributed by atoms with Crippen molar-refractivity contribution in [2.75, 3.05) is 32.8 Å². The van der Waals surface area contributed by atoms with Crippen LogP contribution >= 0.6 is 0 Å². The van der Waals surface area contributed by atoms with Crippen LogP contribution in [0.15, 0.2) is 6.20 Å². The number of ether oxygens (including phenoxy) is 1. The predicted octanol–water partition coefficient (Wildman–Crippen LogP) is 0.0952. The average Bonchev–Trinajstić information content (AvgIpc) is 2.76. The van der Waals surface area contributed by atoms with E-state index in [9.17, 15) is 0 Å². The Balaban J connectivity index is 2.37. The second kappa shape index (κ2) is 8.16. The molecule has 0 radical (unpaired) electrons. The van der Waals surface area contributed by atoms with Crippen LogP contribution in [0.2, 0.25) is 0 Å². The predicted molar refractivity (Wildman–Crippen MR) is 66.5 cm³/mol. The normalized spacial score (nSPS) is 11.3. The van der Waals surface area contributed by atoms with Crippen molar-refractivity contribution in [3.05, 3.63) is 11.9 Å². The molecule has 0 bridgehead atoms. The Labute approximate surface area is 103 Å². The number of nitrogens with zero attached hydrogens (tertiary/aromatic N) is 4. The maximum Gasteiger partial charge on any atom is 0.0967 e. The molecule has 0 amide bonds. The van der Waals surface area contributed by atoms with E-state index < -0.39 is 0 Å². The fourth-order valence-corrected chi connectivity index (χ4v) is 1.57. The molecule has 0 aliphatic carbocycles. The van der Waals surface area contributed by atoms with E-state index in [1.54, 1.807) is 4.68 Å². The Kier molecular flexibility index (Phi) is 6.76. The monoisotopic (exact) mass is 241 g/mol. The lowest BCUT2D eigenvalue weighted by atomic mass is 10.4. The zero-order valence-corrected chi connectivity index (χ0v) is 10.8. The summed E-state index contributed by atoms with van der Waals surface area (Å²) >= 11 is 0. The van der Waals surface area contributed by atoms with Gasteiger partial charge in [0.25, 0.3) is 0 Å². The zero-order chi connectivity index (χ0) is 12.5. The first kappa shape index (κ1) is 14.1. The van der Waals surface area contributed by atoms with Crippen molar-refractivity contribution in [2.24, 2.45) is 5.73 Å². The van der Waals surface area contributed by atoms with Crippen LogP contribution in [0, 0.1) is 0 Å². The summed E-state index contributed by atoms with van der Waals surface area (Å²) in [6.45, 7) is 9.71. The van der Waals surface area contributed by atoms with Gasteiger partial charge in [-0.2, -0.15) is 0 Å². The van der Waals surface area contributed by atoms with Gasteiger partial charge in [-0.1, -0.05) is 12.1 Å². The van der Waals surface area contributed by atoms with Gasteiger partial charge in [-0.25, -0.2) is 0 Å². The van der Waals surface area contributed by atoms with E-state index in [-0.39, 0.29) is 0 Å². The molecule has 1 heterocycles. The third-order valence-electron chi connectivity index (χ3n) is 2.53. The van der Waals surface area contributed by atoms with E-state index in [4.69, 9.17) is 10.5 Å². The number of aromatic nitrogens is 3. The zero-order valence-electron chi connectivity index (χ0n) is 10.8. The van der Waals surface area contributed by atoms with Crippen LogP contribution in [0.25, 0.3) is 0 Å². The standard InChI is InChI=1S/C11H23N5O/c1-3-15(7-8-17-4-2)9-11-10-16(6-5-12)14-13-11/h10H,3-9,12H2,1-2H3. The summed E-state index contributed by atoms with van der Waals surface area (Å²) in [6, 6.07) is 0. The molecular formula is C11H23N5O. The highest BCUT2D eigenvalue weighted by atomic mass is 16.5. The molecule has 1 rings (SSSR count). The Morgan fingerprint density at radius 2 is 2.29 bits per heavy atom. The SMILES string of the molecule is CCOCCN(CC)Cc1cn(CCN)nn1. The van der Waals surface area contributed by atoms with Crippen molar-refractivity contribution in [1.82, 2.24) is 19.9 Å². The molecule has 1 aromatic rings. The molecule has 0 aromatic carbocycles. The van der Waals surface area contributed by atoms with Crippen LogP contribution < -0.4 is 5.73 Å². The molecule has 17 heavy (non-hydrogen) atoms. The summed E-state index contributed by atoms with van der Waals surface area (Å²) in [5, 5.41) is 8.14. The molecule has 0 atom stereocenters. The van der Waals surface area contributed by atoms with Crippen molar-refractivity contribution in [3.8, 4) is 0 Å². The van der Waals surface area contributed by atoms with Gasteiger partial charge in [-0.3, -0.25) is 9.58 Å². The molecular weight excluding hydrogens is 218 g/mol. The van der Waals surface area contributed by atoms with E-state index in [0.29, 0.717) is 6.54 Å². The molecule has 0 aliphatic rings. The molecule has 6 heteroatoms. The van der Waals surface area contributed by atoms with Gasteiger partial charge < -0.3 is 10.5 Å². The van der Waals surface area contributed by atoms with Gasteiger partial charge in [0.2, 0.25) is 0 Å². The number of rotatable bonds is 9. The Morgan fingerprint density at radius 1 is 1.47 bits per heavy atom. The Morgan fingerprint density at radius 3 is 2.94 bits per heavy atom. The lowest BCUT2D eigenvalue weighted by molar-refractivity contribution is 0.112. The fourth-order valence-electron chi connectivity index (χ4n) is 1.57. The number of nitrogens with two attached hydrogens (primary N) is 1. The van der Waals surface area contributed by atoms with Gasteiger partial charge in [0.05, 0.1) is 18.8 Å². The van der Waals surface area contributed by atoms with E-state index in [1.165, 1.54) is 0 Å². The van der Waals surface area contributed by atoms with Crippen LogP contribution in [0.3, 0.4) is 0 Å². The van der Waals surface area contributed by atoms with Gasteiger partial charge in [0.1, 0.15) is 0 Å². The van der Waals surface area contributed by atoms with Crippen LogP contribution in [0.4, 0.5) is 0 Å². The summed E-state index contributed by atoms with van der Waals surface area (Å²) < 4.78 is 7.13. The molecule has 2 N–H and O–H groups in total. The smallest absolute Gasteiger partial charge is 0.0967 e. The minimum Gasteiger partial charge on any atom is -0.380 e. The summed E-state index contributed by atoms with van der Waals surface area (Å²) in [4.78, 5) is 2.28. The topological polar surface area (TPSA) is 69.2 Å². The third-order valence-corrected chi connectivity index (χ3v) is 2.53. The molecule has 0 unspecified atom stereocenters. The molecule has 98 valence electrons. The highest BCUT2D eigenvalue weighted by molar-refractivity contribution is 4.92. The van der Waals surface area contributed by atoms with Crippen LogP contribution in [-0.4, -0.2) is 52.7 Å². The van der Waals surface area contributed by atoms with E-state index in [1.807, 2.05) is 13.1 Å². The van der Waals surface area contributed by atoms with E-state index in [2.05, 4.69) is 22.1 Å². The third kappa shape index (κ3) is 5.25. The first-order chi connectivity index (χ1) is 8.30. The van der Waals surface area contributed by atoms with E-state index >= 15 is 0 Å². The second-order valence-electron chi connectivity index (χ2n) is 3.83. The van der Waals surface area contributed by atoms with Crippen molar-refractivity contribution in [1.29, 1.82) is 0 Å². The summed E-state index contributed by atoms with van der Waals surface area (Å²) in [5.41, 5.74) is 6.45. The average molecular weight is 241 g/mol. The lowest BCUT2D eigenvalue weighted by Crippen LogP contribution is -2.27. The van der Waals surface area contributed by atoms with Crippen LogP contribution in [0.5, 0.6) is 0 Å². The number of hydrogen-bond donors (Lipinski definition) is 1. The summed E-state index contributed by atoms with van der Waals surface area (Å²) in [7, 11) is 0. The highest BCUT2D eigenvalue weighted by Crippen LogP contribution is 2.00. The van der Waals surface area contributed by atoms with Gasteiger partial charge in [0, 0.05) is 32.4 Å². The molecule has 0 aliphatic heterocycles. The van der Waals surface area contributed by atoms with Crippen LogP contribution in [0.1, 0.15) is 19.5 Å². The minimum atomic E-state index is 0.588. The summed E-state index contributed by atoms with van der Waals surface area (Å²) in [6.07, 6.45) is 1.95. The number of likely N-dealkylation sites (N-methyl/N-ethyl adjacent to an activating group) is 1. The molecule has 0 fully saturated rings. The van der Waals surface area contributed by atoms with Gasteiger partial charge in [0.15, 0.2) is 0 Å². The molecule has 0 saturated heterocycles. The lowest BCUT2D eigenvalue weighted by Gasteiger charge is -2.18. The molecule has 1 aromatic heterocycles. The largest absolute Gasteiger partial charge is 0.380 e. The Bertz CT molecular complexity index is 302. The minimum absolute atomic E-state index is 0.588. The fraction of sp³-hybridized carbons (Fsp3) is 0.818. The van der Waals surface area contributed by atoms with Crippen molar-refractivity contribution >= 4 is 0 Å². The first-order valence-corrected chi connectivity index (χ1v) is 6.19. The molecule has 6 nitrogen and oxygen atoms in total. The van der Waals surface area contributed by atoms with E-state index in [0.717, 1.165) is 45.1 Å². The highest BCUT2D eigenvalue weighted by Gasteiger charge is 2.06. The van der Waals surface area contributed by atoms with Crippen molar-refractivity contribution in [2.45, 2.75) is 26.9 Å². The maximum absolute atomic E-state index is 5.46.